The number of nitrogen functional groups attached to an aromatic ring is 1. The maximum atomic E-state index is 9.32. The van der Waals surface area contributed by atoms with E-state index in [2.05, 4.69) is 15.2 Å². The monoisotopic (exact) mass is 236 g/mol. The van der Waals surface area contributed by atoms with Gasteiger partial charge in [0.2, 0.25) is 0 Å². The minimum atomic E-state index is 0.183. The Bertz CT molecular complexity index is 383. The first-order valence-corrected chi connectivity index (χ1v) is 6.14. The Kier molecular flexibility index (Phi) is 3.68. The first-order chi connectivity index (χ1) is 8.26. The molecule has 5 nitrogen and oxygen atoms in total. The topological polar surface area (TPSA) is 74.4 Å². The van der Waals surface area contributed by atoms with Crippen LogP contribution in [-0.4, -0.2) is 35.8 Å². The number of rotatable bonds is 4. The summed E-state index contributed by atoms with van der Waals surface area (Å²) >= 11 is 0. The Morgan fingerprint density at radius 3 is 3.12 bits per heavy atom. The van der Waals surface area contributed by atoms with Gasteiger partial charge in [0.15, 0.2) is 5.82 Å². The number of aliphatic hydroxyl groups excluding tert-OH is 1. The summed E-state index contributed by atoms with van der Waals surface area (Å²) in [6, 6.07) is 3.98. The molecule has 5 heteroatoms. The van der Waals surface area contributed by atoms with Crippen molar-refractivity contribution < 1.29 is 5.11 Å². The number of pyridine rings is 1. The van der Waals surface area contributed by atoms with Crippen LogP contribution < -0.4 is 16.0 Å². The van der Waals surface area contributed by atoms with Crippen molar-refractivity contribution in [1.82, 2.24) is 4.98 Å². The van der Waals surface area contributed by atoms with Gasteiger partial charge in [-0.1, -0.05) is 0 Å². The van der Waals surface area contributed by atoms with Crippen LogP contribution in [0.2, 0.25) is 0 Å². The van der Waals surface area contributed by atoms with Crippen molar-refractivity contribution in [2.24, 2.45) is 0 Å². The Morgan fingerprint density at radius 1 is 1.59 bits per heavy atom. The molecule has 17 heavy (non-hydrogen) atoms. The molecule has 0 saturated carbocycles. The normalized spacial score (nSPS) is 19.6. The van der Waals surface area contributed by atoms with Crippen molar-refractivity contribution in [2.45, 2.75) is 25.8 Å². The first kappa shape index (κ1) is 12.0. The Morgan fingerprint density at radius 2 is 2.41 bits per heavy atom. The summed E-state index contributed by atoms with van der Waals surface area (Å²) in [5.41, 5.74) is 6.51. The number of hydrogen-bond acceptors (Lipinski definition) is 5. The van der Waals surface area contributed by atoms with Crippen molar-refractivity contribution in [1.29, 1.82) is 0 Å². The fraction of sp³-hybridized carbons (Fsp3) is 0.583. The van der Waals surface area contributed by atoms with Crippen LogP contribution in [0.3, 0.4) is 0 Å². The highest BCUT2D eigenvalue weighted by Crippen LogP contribution is 2.27. The molecule has 1 aliphatic rings. The van der Waals surface area contributed by atoms with Crippen LogP contribution in [0.5, 0.6) is 0 Å². The van der Waals surface area contributed by atoms with Crippen molar-refractivity contribution in [3.8, 4) is 0 Å². The lowest BCUT2D eigenvalue weighted by atomic mass is 10.2. The second kappa shape index (κ2) is 5.23. The van der Waals surface area contributed by atoms with Crippen molar-refractivity contribution >= 4 is 17.3 Å². The van der Waals surface area contributed by atoms with E-state index in [-0.39, 0.29) is 12.6 Å². The molecular weight excluding hydrogens is 216 g/mol. The second-order valence-corrected chi connectivity index (χ2v) is 4.31. The van der Waals surface area contributed by atoms with Crippen LogP contribution in [0.4, 0.5) is 17.3 Å². The summed E-state index contributed by atoms with van der Waals surface area (Å²) in [6.07, 6.45) is 2.13. The summed E-state index contributed by atoms with van der Waals surface area (Å²) < 4.78 is 0. The predicted molar refractivity (Wildman–Crippen MR) is 70.3 cm³/mol. The van der Waals surface area contributed by atoms with Gasteiger partial charge in [-0.15, -0.1) is 0 Å². The van der Waals surface area contributed by atoms with Crippen molar-refractivity contribution in [2.75, 3.05) is 35.6 Å². The molecule has 1 aromatic heterocycles. The molecular formula is C12H20N4O. The second-order valence-electron chi connectivity index (χ2n) is 4.31. The Labute approximate surface area is 102 Å². The third-order valence-electron chi connectivity index (χ3n) is 3.14. The largest absolute Gasteiger partial charge is 0.396 e. The van der Waals surface area contributed by atoms with Gasteiger partial charge in [0.1, 0.15) is 5.82 Å². The van der Waals surface area contributed by atoms with E-state index in [1.807, 2.05) is 19.1 Å². The molecule has 1 aromatic rings. The molecule has 0 aromatic carbocycles. The lowest BCUT2D eigenvalue weighted by Gasteiger charge is -2.24. The lowest BCUT2D eigenvalue weighted by Crippen LogP contribution is -2.32. The summed E-state index contributed by atoms with van der Waals surface area (Å²) in [4.78, 5) is 6.67. The quantitative estimate of drug-likeness (QED) is 0.729. The fourth-order valence-electron chi connectivity index (χ4n) is 2.26. The zero-order chi connectivity index (χ0) is 12.3. The first-order valence-electron chi connectivity index (χ1n) is 6.14. The fourth-order valence-corrected chi connectivity index (χ4v) is 2.26. The van der Waals surface area contributed by atoms with Crippen LogP contribution >= 0.6 is 0 Å². The van der Waals surface area contributed by atoms with Crippen molar-refractivity contribution in [3.63, 3.8) is 0 Å². The molecule has 94 valence electrons. The molecule has 0 aliphatic carbocycles. The van der Waals surface area contributed by atoms with E-state index in [9.17, 15) is 5.11 Å². The Hall–Kier alpha value is -1.49. The smallest absolute Gasteiger partial charge is 0.151 e. The molecule has 2 heterocycles. The molecule has 1 atom stereocenters. The molecule has 2 rings (SSSR count). The molecule has 0 amide bonds. The van der Waals surface area contributed by atoms with Crippen LogP contribution in [0, 0.1) is 0 Å². The SMILES string of the molecule is CCNc1nc(N2CCCC2CO)ccc1N. The minimum absolute atomic E-state index is 0.183. The summed E-state index contributed by atoms with van der Waals surface area (Å²) in [7, 11) is 0. The van der Waals surface area contributed by atoms with Crippen LogP contribution in [0.1, 0.15) is 19.8 Å². The number of aliphatic hydroxyl groups is 1. The molecule has 4 N–H and O–H groups in total. The van der Waals surface area contributed by atoms with Crippen molar-refractivity contribution in [3.05, 3.63) is 12.1 Å². The number of anilines is 3. The molecule has 1 unspecified atom stereocenters. The highest BCUT2D eigenvalue weighted by molar-refractivity contribution is 5.65. The van der Waals surface area contributed by atoms with E-state index in [0.717, 1.165) is 37.6 Å². The molecule has 0 spiro atoms. The van der Waals surface area contributed by atoms with E-state index < -0.39 is 0 Å². The summed E-state index contributed by atoms with van der Waals surface area (Å²) in [5, 5.41) is 12.5. The third kappa shape index (κ3) is 2.44. The van der Waals surface area contributed by atoms with Gasteiger partial charge in [-0.05, 0) is 31.9 Å². The molecule has 1 fully saturated rings. The summed E-state index contributed by atoms with van der Waals surface area (Å²) in [6.45, 7) is 3.95. The van der Waals surface area contributed by atoms with E-state index >= 15 is 0 Å². The third-order valence-corrected chi connectivity index (χ3v) is 3.14. The maximum absolute atomic E-state index is 9.32. The van der Waals surface area contributed by atoms with Gasteiger partial charge in [0.25, 0.3) is 0 Å². The Balaban J connectivity index is 2.23. The van der Waals surface area contributed by atoms with E-state index in [1.54, 1.807) is 0 Å². The van der Waals surface area contributed by atoms with Gasteiger partial charge in [-0.2, -0.15) is 0 Å². The zero-order valence-electron chi connectivity index (χ0n) is 10.2. The van der Waals surface area contributed by atoms with Crippen LogP contribution in [0.15, 0.2) is 12.1 Å². The van der Waals surface area contributed by atoms with Gasteiger partial charge in [0, 0.05) is 13.1 Å². The summed E-state index contributed by atoms with van der Waals surface area (Å²) in [5.74, 6) is 1.63. The van der Waals surface area contributed by atoms with Crippen LogP contribution in [0.25, 0.3) is 0 Å². The predicted octanol–water partition coefficient (Wildman–Crippen LogP) is 1.06. The molecule has 1 aliphatic heterocycles. The highest BCUT2D eigenvalue weighted by Gasteiger charge is 2.25. The van der Waals surface area contributed by atoms with Crippen LogP contribution in [-0.2, 0) is 0 Å². The number of nitrogens with two attached hydrogens (primary N) is 1. The standard InChI is InChI=1S/C12H20N4O/c1-2-14-12-10(13)5-6-11(15-12)16-7-3-4-9(16)8-17/h5-6,9,17H,2-4,7-8,13H2,1H3,(H,14,15). The van der Waals surface area contributed by atoms with Gasteiger partial charge in [0.05, 0.1) is 18.3 Å². The van der Waals surface area contributed by atoms with E-state index in [1.165, 1.54) is 0 Å². The average Bonchev–Trinajstić information content (AvgIpc) is 2.80. The average molecular weight is 236 g/mol. The number of aromatic nitrogens is 1. The molecule has 1 saturated heterocycles. The maximum Gasteiger partial charge on any atom is 0.151 e. The number of hydrogen-bond donors (Lipinski definition) is 3. The van der Waals surface area contributed by atoms with Gasteiger partial charge >= 0.3 is 0 Å². The van der Waals surface area contributed by atoms with Gasteiger partial charge in [-0.25, -0.2) is 4.98 Å². The van der Waals surface area contributed by atoms with E-state index in [0.29, 0.717) is 5.69 Å². The lowest BCUT2D eigenvalue weighted by molar-refractivity contribution is 0.266. The minimum Gasteiger partial charge on any atom is -0.396 e. The van der Waals surface area contributed by atoms with Gasteiger partial charge < -0.3 is 21.1 Å². The molecule has 0 radical (unpaired) electrons. The number of nitrogens with zero attached hydrogens (tertiary/aromatic N) is 2. The highest BCUT2D eigenvalue weighted by atomic mass is 16.3. The molecule has 0 bridgehead atoms. The zero-order valence-corrected chi connectivity index (χ0v) is 10.2. The van der Waals surface area contributed by atoms with Gasteiger partial charge in [-0.3, -0.25) is 0 Å². The number of nitrogens with one attached hydrogen (secondary N) is 1. The van der Waals surface area contributed by atoms with E-state index in [4.69, 9.17) is 5.73 Å².